The van der Waals surface area contributed by atoms with Gasteiger partial charge in [0, 0.05) is 17.9 Å². The maximum Gasteiger partial charge on any atom is 0.243 e. The smallest absolute Gasteiger partial charge is 0.207 e. The number of rotatable bonds is 4. The number of hydrogen-bond donors (Lipinski definition) is 0. The van der Waals surface area contributed by atoms with Gasteiger partial charge in [0.2, 0.25) is 10.0 Å². The van der Waals surface area contributed by atoms with Gasteiger partial charge in [-0.3, -0.25) is 0 Å². The van der Waals surface area contributed by atoms with Gasteiger partial charge in [0.1, 0.15) is 0 Å². The summed E-state index contributed by atoms with van der Waals surface area (Å²) in [5.74, 6) is 0. The largest absolute Gasteiger partial charge is 0.243 e. The molecular formula is C19H20BrNO2S. The van der Waals surface area contributed by atoms with Gasteiger partial charge in [-0.25, -0.2) is 8.42 Å². The van der Waals surface area contributed by atoms with Crippen LogP contribution in [0, 0.1) is 6.92 Å². The molecule has 0 aliphatic carbocycles. The van der Waals surface area contributed by atoms with Crippen LogP contribution in [0.2, 0.25) is 0 Å². The van der Waals surface area contributed by atoms with Crippen molar-refractivity contribution in [2.75, 3.05) is 5.33 Å². The monoisotopic (exact) mass is 405 g/mol. The molecule has 0 fully saturated rings. The van der Waals surface area contributed by atoms with E-state index in [1.54, 1.807) is 16.4 Å². The highest BCUT2D eigenvalue weighted by molar-refractivity contribution is 9.09. The zero-order chi connectivity index (χ0) is 17.2. The fourth-order valence-corrected chi connectivity index (χ4v) is 4.78. The van der Waals surface area contributed by atoms with Crippen molar-refractivity contribution in [3.63, 3.8) is 0 Å². The Kier molecular flexibility index (Phi) is 5.23. The molecule has 2 aromatic carbocycles. The van der Waals surface area contributed by atoms with Crippen LogP contribution in [0.5, 0.6) is 0 Å². The molecule has 3 nitrogen and oxygen atoms in total. The predicted molar refractivity (Wildman–Crippen MR) is 101 cm³/mol. The van der Waals surface area contributed by atoms with Gasteiger partial charge in [0.05, 0.1) is 4.90 Å². The molecule has 0 N–H and O–H groups in total. The van der Waals surface area contributed by atoms with Crippen LogP contribution in [0.3, 0.4) is 0 Å². The number of sulfonamides is 1. The standard InChI is InChI=1S/C19H20BrNO2S/c1-15-8-10-19(11-9-15)24(22,23)21-14-17-6-3-2-5-16(17)13-18(21)7-4-12-20/h2-11,18H,12-14H2,1H3/b7-4+. The van der Waals surface area contributed by atoms with Crippen LogP contribution in [-0.4, -0.2) is 24.1 Å². The SMILES string of the molecule is Cc1ccc(S(=O)(=O)N2Cc3ccccc3CC2/C=C/CBr)cc1. The number of allylic oxidation sites excluding steroid dienone is 1. The molecule has 0 amide bonds. The number of benzene rings is 2. The van der Waals surface area contributed by atoms with Crippen LogP contribution in [-0.2, 0) is 23.0 Å². The molecule has 126 valence electrons. The molecule has 0 aromatic heterocycles. The quantitative estimate of drug-likeness (QED) is 0.567. The van der Waals surface area contributed by atoms with Crippen molar-refractivity contribution in [3.05, 3.63) is 77.4 Å². The molecule has 1 atom stereocenters. The van der Waals surface area contributed by atoms with Crippen LogP contribution in [0.25, 0.3) is 0 Å². The van der Waals surface area contributed by atoms with Crippen molar-refractivity contribution < 1.29 is 8.42 Å². The lowest BCUT2D eigenvalue weighted by Gasteiger charge is -2.34. The van der Waals surface area contributed by atoms with E-state index in [0.29, 0.717) is 23.2 Å². The zero-order valence-electron chi connectivity index (χ0n) is 13.5. The lowest BCUT2D eigenvalue weighted by Crippen LogP contribution is -2.43. The predicted octanol–water partition coefficient (Wildman–Crippen LogP) is 4.06. The van der Waals surface area contributed by atoms with E-state index in [1.807, 2.05) is 49.4 Å². The Balaban J connectivity index is 2.02. The fraction of sp³-hybridized carbons (Fsp3) is 0.263. The molecule has 3 rings (SSSR count). The Morgan fingerprint density at radius 3 is 2.46 bits per heavy atom. The Hall–Kier alpha value is -1.43. The number of halogens is 1. The first-order valence-corrected chi connectivity index (χ1v) is 10.5. The number of nitrogens with zero attached hydrogens (tertiary/aromatic N) is 1. The second kappa shape index (κ2) is 7.21. The molecule has 24 heavy (non-hydrogen) atoms. The van der Waals surface area contributed by atoms with Crippen molar-refractivity contribution in [3.8, 4) is 0 Å². The maximum atomic E-state index is 13.2. The van der Waals surface area contributed by atoms with Crippen molar-refractivity contribution in [1.29, 1.82) is 0 Å². The minimum atomic E-state index is -3.53. The van der Waals surface area contributed by atoms with E-state index in [0.717, 1.165) is 11.1 Å². The first-order valence-electron chi connectivity index (χ1n) is 7.90. The molecule has 0 radical (unpaired) electrons. The van der Waals surface area contributed by atoms with Crippen LogP contribution in [0.4, 0.5) is 0 Å². The van der Waals surface area contributed by atoms with Crippen molar-refractivity contribution >= 4 is 26.0 Å². The van der Waals surface area contributed by atoms with E-state index in [-0.39, 0.29) is 6.04 Å². The molecule has 0 saturated carbocycles. The van der Waals surface area contributed by atoms with Crippen LogP contribution >= 0.6 is 15.9 Å². The minimum absolute atomic E-state index is 0.163. The summed E-state index contributed by atoms with van der Waals surface area (Å²) in [4.78, 5) is 0.352. The van der Waals surface area contributed by atoms with E-state index in [9.17, 15) is 8.42 Å². The van der Waals surface area contributed by atoms with Gasteiger partial charge in [-0.1, -0.05) is 70.0 Å². The summed E-state index contributed by atoms with van der Waals surface area (Å²) >= 11 is 3.38. The summed E-state index contributed by atoms with van der Waals surface area (Å²) in [5, 5.41) is 0.712. The highest BCUT2D eigenvalue weighted by Gasteiger charge is 2.34. The van der Waals surface area contributed by atoms with Gasteiger partial charge in [0.15, 0.2) is 0 Å². The molecule has 1 unspecified atom stereocenters. The molecular weight excluding hydrogens is 386 g/mol. The highest BCUT2D eigenvalue weighted by atomic mass is 79.9. The van der Waals surface area contributed by atoms with E-state index >= 15 is 0 Å². The second-order valence-electron chi connectivity index (χ2n) is 5.99. The normalized spacial score (nSPS) is 18.7. The van der Waals surface area contributed by atoms with E-state index in [2.05, 4.69) is 22.0 Å². The number of alkyl halides is 1. The summed E-state index contributed by atoms with van der Waals surface area (Å²) in [6.07, 6.45) is 4.65. The maximum absolute atomic E-state index is 13.2. The first-order chi connectivity index (χ1) is 11.5. The Morgan fingerprint density at radius 1 is 1.12 bits per heavy atom. The zero-order valence-corrected chi connectivity index (χ0v) is 15.9. The summed E-state index contributed by atoms with van der Waals surface area (Å²) < 4.78 is 27.9. The number of fused-ring (bicyclic) bond motifs is 1. The fourth-order valence-electron chi connectivity index (χ4n) is 3.00. The van der Waals surface area contributed by atoms with E-state index < -0.39 is 10.0 Å². The molecule has 1 heterocycles. The second-order valence-corrected chi connectivity index (χ2v) is 8.52. The third-order valence-electron chi connectivity index (χ3n) is 4.32. The Labute approximate surface area is 152 Å². The summed E-state index contributed by atoms with van der Waals surface area (Å²) in [5.41, 5.74) is 3.35. The summed E-state index contributed by atoms with van der Waals surface area (Å²) in [7, 11) is -3.53. The van der Waals surface area contributed by atoms with E-state index in [1.165, 1.54) is 5.56 Å². The van der Waals surface area contributed by atoms with Gasteiger partial charge in [-0.15, -0.1) is 0 Å². The molecule has 0 saturated heterocycles. The lowest BCUT2D eigenvalue weighted by atomic mass is 9.96. The summed E-state index contributed by atoms with van der Waals surface area (Å²) in [6.45, 7) is 2.36. The van der Waals surface area contributed by atoms with Crippen molar-refractivity contribution in [2.45, 2.75) is 30.8 Å². The number of hydrogen-bond acceptors (Lipinski definition) is 2. The average Bonchev–Trinajstić information content (AvgIpc) is 2.59. The molecule has 0 spiro atoms. The molecule has 2 aromatic rings. The van der Waals surface area contributed by atoms with Crippen molar-refractivity contribution in [1.82, 2.24) is 4.31 Å². The molecule has 5 heteroatoms. The van der Waals surface area contributed by atoms with Gasteiger partial charge >= 0.3 is 0 Å². The van der Waals surface area contributed by atoms with Gasteiger partial charge < -0.3 is 0 Å². The minimum Gasteiger partial charge on any atom is -0.207 e. The molecule has 1 aliphatic rings. The Morgan fingerprint density at radius 2 is 1.79 bits per heavy atom. The van der Waals surface area contributed by atoms with Crippen LogP contribution in [0.15, 0.2) is 65.6 Å². The van der Waals surface area contributed by atoms with Crippen molar-refractivity contribution in [2.24, 2.45) is 0 Å². The van der Waals surface area contributed by atoms with Crippen LogP contribution < -0.4 is 0 Å². The lowest BCUT2D eigenvalue weighted by molar-refractivity contribution is 0.334. The van der Waals surface area contributed by atoms with E-state index in [4.69, 9.17) is 0 Å². The summed E-state index contributed by atoms with van der Waals surface area (Å²) in [6, 6.07) is 15.0. The first kappa shape index (κ1) is 17.4. The number of aryl methyl sites for hydroxylation is 1. The van der Waals surface area contributed by atoms with Gasteiger partial charge in [-0.2, -0.15) is 4.31 Å². The van der Waals surface area contributed by atoms with Gasteiger partial charge in [-0.05, 0) is 36.6 Å². The Bertz CT molecular complexity index is 844. The topological polar surface area (TPSA) is 37.4 Å². The van der Waals surface area contributed by atoms with Gasteiger partial charge in [0.25, 0.3) is 0 Å². The van der Waals surface area contributed by atoms with Crippen LogP contribution in [0.1, 0.15) is 16.7 Å². The average molecular weight is 406 g/mol. The third-order valence-corrected chi connectivity index (χ3v) is 6.58. The highest BCUT2D eigenvalue weighted by Crippen LogP contribution is 2.29. The molecule has 1 aliphatic heterocycles. The third kappa shape index (κ3) is 3.48. The molecule has 0 bridgehead atoms.